The molecule has 43 heavy (non-hydrogen) atoms. The number of carbonyl (C=O) groups is 2. The van der Waals surface area contributed by atoms with E-state index in [-0.39, 0.29) is 25.0 Å². The maximum absolute atomic E-state index is 14.8. The van der Waals surface area contributed by atoms with E-state index in [4.69, 9.17) is 24.3 Å². The van der Waals surface area contributed by atoms with Crippen LogP contribution in [0.4, 0.5) is 0 Å². The fourth-order valence-electron chi connectivity index (χ4n) is 5.86. The molecular formula is C33H34BrN3O6. The van der Waals surface area contributed by atoms with Crippen LogP contribution < -0.4 is 4.74 Å². The van der Waals surface area contributed by atoms with Gasteiger partial charge in [-0.25, -0.2) is 4.99 Å². The van der Waals surface area contributed by atoms with Crippen molar-refractivity contribution in [3.63, 3.8) is 0 Å². The Kier molecular flexibility index (Phi) is 8.78. The Bertz CT molecular complexity index is 1510. The van der Waals surface area contributed by atoms with Gasteiger partial charge in [-0.05, 0) is 41.5 Å². The zero-order valence-corrected chi connectivity index (χ0v) is 25.4. The number of ether oxygens (including phenoxy) is 3. The monoisotopic (exact) mass is 647 g/mol. The highest BCUT2D eigenvalue weighted by Gasteiger charge is 2.56. The molecule has 6 rings (SSSR count). The number of carbonyl (C=O) groups excluding carboxylic acids is 2. The number of amides is 2. The molecule has 224 valence electrons. The van der Waals surface area contributed by atoms with E-state index < -0.39 is 11.6 Å². The number of morpholine rings is 1. The predicted molar refractivity (Wildman–Crippen MR) is 164 cm³/mol. The van der Waals surface area contributed by atoms with Gasteiger partial charge in [0.15, 0.2) is 11.6 Å². The molecule has 3 aliphatic rings. The van der Waals surface area contributed by atoms with Crippen LogP contribution in [-0.4, -0.2) is 84.2 Å². The van der Waals surface area contributed by atoms with E-state index in [1.54, 1.807) is 9.80 Å². The first kappa shape index (κ1) is 29.3. The summed E-state index contributed by atoms with van der Waals surface area (Å²) in [5.74, 6) is 0.670. The zero-order chi connectivity index (χ0) is 29.8. The van der Waals surface area contributed by atoms with Crippen LogP contribution in [0, 0.1) is 0 Å². The molecule has 1 fully saturated rings. The molecule has 0 saturated carbocycles. The lowest BCUT2D eigenvalue weighted by Gasteiger charge is -2.35. The third-order valence-corrected chi connectivity index (χ3v) is 8.83. The van der Waals surface area contributed by atoms with Crippen molar-refractivity contribution in [1.82, 2.24) is 9.80 Å². The van der Waals surface area contributed by atoms with Gasteiger partial charge < -0.3 is 29.1 Å². The first-order valence-corrected chi connectivity index (χ1v) is 15.3. The second-order valence-corrected chi connectivity index (χ2v) is 11.8. The first-order chi connectivity index (χ1) is 21.0. The van der Waals surface area contributed by atoms with Crippen molar-refractivity contribution in [2.45, 2.75) is 31.0 Å². The number of aliphatic imine (C=N–C) groups is 1. The van der Waals surface area contributed by atoms with Crippen molar-refractivity contribution in [1.29, 1.82) is 0 Å². The predicted octanol–water partition coefficient (Wildman–Crippen LogP) is 3.91. The van der Waals surface area contributed by atoms with Crippen LogP contribution in [0.5, 0.6) is 5.75 Å². The number of hydrogen-bond donors (Lipinski definition) is 1. The second-order valence-electron chi connectivity index (χ2n) is 10.9. The van der Waals surface area contributed by atoms with Crippen molar-refractivity contribution < 1.29 is 28.9 Å². The molecule has 3 heterocycles. The van der Waals surface area contributed by atoms with E-state index >= 15 is 0 Å². The van der Waals surface area contributed by atoms with E-state index in [1.165, 1.54) is 0 Å². The van der Waals surface area contributed by atoms with E-state index in [0.717, 1.165) is 21.2 Å². The van der Waals surface area contributed by atoms with Crippen molar-refractivity contribution in [2.24, 2.45) is 4.99 Å². The van der Waals surface area contributed by atoms with Crippen molar-refractivity contribution >= 4 is 33.6 Å². The summed E-state index contributed by atoms with van der Waals surface area (Å²) in [5, 5.41) is 9.05. The highest BCUT2D eigenvalue weighted by Crippen LogP contribution is 2.47. The molecular weight excluding hydrogens is 614 g/mol. The minimum absolute atomic E-state index is 0.0532. The van der Waals surface area contributed by atoms with E-state index in [9.17, 15) is 9.59 Å². The Morgan fingerprint density at radius 1 is 1.02 bits per heavy atom. The molecule has 3 aromatic carbocycles. The van der Waals surface area contributed by atoms with E-state index in [1.807, 2.05) is 72.8 Å². The number of benzene rings is 3. The van der Waals surface area contributed by atoms with Gasteiger partial charge in [-0.1, -0.05) is 58.4 Å². The average molecular weight is 649 g/mol. The Hall–Kier alpha value is -3.73. The third kappa shape index (κ3) is 6.04. The van der Waals surface area contributed by atoms with Gasteiger partial charge in [0.25, 0.3) is 5.91 Å². The van der Waals surface area contributed by atoms with Crippen molar-refractivity contribution in [3.8, 4) is 5.75 Å². The number of hydrogen-bond acceptors (Lipinski definition) is 7. The van der Waals surface area contributed by atoms with Gasteiger partial charge in [-0.15, -0.1) is 0 Å². The van der Waals surface area contributed by atoms with Crippen molar-refractivity contribution in [2.75, 3.05) is 46.1 Å². The summed E-state index contributed by atoms with van der Waals surface area (Å²) in [5.41, 5.74) is 2.16. The molecule has 1 N–H and O–H groups in total. The summed E-state index contributed by atoms with van der Waals surface area (Å²) in [6.07, 6.45) is 0.127. The highest BCUT2D eigenvalue weighted by molar-refractivity contribution is 9.10. The van der Waals surface area contributed by atoms with Gasteiger partial charge in [-0.2, -0.15) is 0 Å². The fourth-order valence-corrected chi connectivity index (χ4v) is 6.35. The van der Waals surface area contributed by atoms with E-state index in [2.05, 4.69) is 15.9 Å². The molecule has 10 heteroatoms. The van der Waals surface area contributed by atoms with Gasteiger partial charge in [0.2, 0.25) is 11.8 Å². The topological polar surface area (TPSA) is 101 Å². The lowest BCUT2D eigenvalue weighted by Crippen LogP contribution is -2.53. The first-order valence-electron chi connectivity index (χ1n) is 14.6. The Balaban J connectivity index is 1.41. The SMILES string of the molecule is O=C(CN1Cc2ccccc2C[C@]2(N=C(c3ccc(OCCCO)cc3)O[C@@H]2c2ccccc2Br)C1=O)N1CCOCC1. The lowest BCUT2D eigenvalue weighted by atomic mass is 9.82. The van der Waals surface area contributed by atoms with E-state index in [0.29, 0.717) is 69.5 Å². The smallest absolute Gasteiger partial charge is 0.256 e. The summed E-state index contributed by atoms with van der Waals surface area (Å²) in [4.78, 5) is 36.8. The molecule has 0 unspecified atom stereocenters. The molecule has 0 bridgehead atoms. The summed E-state index contributed by atoms with van der Waals surface area (Å²) in [7, 11) is 0. The van der Waals surface area contributed by atoms with Crippen LogP contribution in [0.15, 0.2) is 82.3 Å². The van der Waals surface area contributed by atoms with Crippen LogP contribution >= 0.6 is 15.9 Å². The highest BCUT2D eigenvalue weighted by atomic mass is 79.9. The molecule has 1 saturated heterocycles. The molecule has 0 aromatic heterocycles. The van der Waals surface area contributed by atoms with Crippen LogP contribution in [0.1, 0.15) is 34.8 Å². The molecule has 0 aliphatic carbocycles. The molecule has 3 aromatic rings. The van der Waals surface area contributed by atoms with Gasteiger partial charge in [0.1, 0.15) is 12.3 Å². The lowest BCUT2D eigenvalue weighted by molar-refractivity contribution is -0.147. The normalized spacial score (nSPS) is 21.7. The number of nitrogens with zero attached hydrogens (tertiary/aromatic N) is 3. The number of aliphatic hydroxyl groups excluding tert-OH is 1. The quantitative estimate of drug-likeness (QED) is 0.372. The Labute approximate surface area is 259 Å². The molecule has 2 atom stereocenters. The number of rotatable bonds is 8. The molecule has 3 aliphatic heterocycles. The molecule has 2 amide bonds. The third-order valence-electron chi connectivity index (χ3n) is 8.11. The minimum atomic E-state index is -1.34. The van der Waals surface area contributed by atoms with Crippen LogP contribution in [-0.2, 0) is 32.0 Å². The van der Waals surface area contributed by atoms with Gasteiger partial charge in [0.05, 0.1) is 19.8 Å². The molecule has 9 nitrogen and oxygen atoms in total. The molecule has 1 spiro atoms. The summed E-state index contributed by atoms with van der Waals surface area (Å²) >= 11 is 3.69. The Morgan fingerprint density at radius 2 is 1.74 bits per heavy atom. The maximum atomic E-state index is 14.8. The zero-order valence-electron chi connectivity index (χ0n) is 23.8. The number of fused-ring (bicyclic) bond motifs is 1. The fraction of sp³-hybridized carbons (Fsp3) is 0.364. The maximum Gasteiger partial charge on any atom is 0.256 e. The largest absolute Gasteiger partial charge is 0.494 e. The standard InChI is InChI=1S/C33H34BrN3O6/c34-28-9-4-3-8-27(28)30-33(35-31(43-30)23-10-12-26(13-11-23)42-17-5-16-38)20-24-6-1-2-7-25(24)21-37(32(33)40)22-29(39)36-14-18-41-19-15-36/h1-4,6-13,30,38H,5,14-22H2/t30-,33-/m1/s1. The number of halogens is 1. The van der Waals surface area contributed by atoms with Crippen LogP contribution in [0.25, 0.3) is 0 Å². The summed E-state index contributed by atoms with van der Waals surface area (Å²) < 4.78 is 18.6. The summed E-state index contributed by atoms with van der Waals surface area (Å²) in [6.45, 7) is 2.72. The minimum Gasteiger partial charge on any atom is -0.494 e. The average Bonchev–Trinajstić information content (AvgIpc) is 3.37. The second kappa shape index (κ2) is 12.9. The molecule has 0 radical (unpaired) electrons. The van der Waals surface area contributed by atoms with Crippen molar-refractivity contribution in [3.05, 3.63) is 99.5 Å². The van der Waals surface area contributed by atoms with Crippen LogP contribution in [0.2, 0.25) is 0 Å². The summed E-state index contributed by atoms with van der Waals surface area (Å²) in [6, 6.07) is 23.1. The van der Waals surface area contributed by atoms with Gasteiger partial charge in [0, 0.05) is 54.7 Å². The van der Waals surface area contributed by atoms with Gasteiger partial charge >= 0.3 is 0 Å². The Morgan fingerprint density at radius 3 is 2.49 bits per heavy atom. The number of aliphatic hydroxyl groups is 1. The van der Waals surface area contributed by atoms with Gasteiger partial charge in [-0.3, -0.25) is 9.59 Å². The van der Waals surface area contributed by atoms with Crippen LogP contribution in [0.3, 0.4) is 0 Å².